The van der Waals surface area contributed by atoms with Gasteiger partial charge in [0.05, 0.1) is 16.8 Å². The van der Waals surface area contributed by atoms with E-state index in [1.165, 1.54) is 29.2 Å². The summed E-state index contributed by atoms with van der Waals surface area (Å²) < 4.78 is 66.7. The Morgan fingerprint density at radius 1 is 0.830 bits per heavy atom. The minimum Gasteiger partial charge on any atom is -0.744 e. The van der Waals surface area contributed by atoms with E-state index in [0.29, 0.717) is 0 Å². The molecule has 2 aromatic heterocycles. The van der Waals surface area contributed by atoms with Crippen LogP contribution in [0.3, 0.4) is 0 Å². The number of hydrogen-bond donors (Lipinski definition) is 3. The van der Waals surface area contributed by atoms with Crippen LogP contribution in [-0.2, 0) is 27.3 Å². The van der Waals surface area contributed by atoms with Crippen molar-refractivity contribution >= 4 is 49.8 Å². The number of fused-ring (bicyclic) bond motifs is 1. The summed E-state index contributed by atoms with van der Waals surface area (Å²) in [5, 5.41) is 6.44. The van der Waals surface area contributed by atoms with Gasteiger partial charge >= 0.3 is 0 Å². The number of imidazole rings is 1. The molecule has 0 bridgehead atoms. The summed E-state index contributed by atoms with van der Waals surface area (Å²) >= 11 is 1.84. The van der Waals surface area contributed by atoms with E-state index in [9.17, 15) is 25.9 Å². The number of guanidine groups is 1. The molecule has 0 fully saturated rings. The highest BCUT2D eigenvalue weighted by Gasteiger charge is 2.16. The van der Waals surface area contributed by atoms with Crippen LogP contribution in [0.1, 0.15) is 23.6 Å². The van der Waals surface area contributed by atoms with Crippen molar-refractivity contribution in [3.63, 3.8) is 0 Å². The van der Waals surface area contributed by atoms with Crippen LogP contribution in [0.15, 0.2) is 117 Å². The van der Waals surface area contributed by atoms with E-state index >= 15 is 0 Å². The standard InChI is InChI=1S/C18H21N6S.2C7H8O3S/c1-3-25-15-8-9-17-23(2)16(12-24(17)11-15)14-6-4-13(5-7-14)10-21-22-18(19)20;2*1-6-2-4-7(5-3-6)11(8,9)10/h4-12H,3H2,1-2H3,(H4,19,20,22);2*2-5H,1H3,(H,8,9,10)/q+1;;/p-1/b21-10+;;. The number of nitrogens with two attached hydrogens (primary N) is 2. The summed E-state index contributed by atoms with van der Waals surface area (Å²) in [4.78, 5) is 0.916. The highest BCUT2D eigenvalue weighted by Crippen LogP contribution is 2.22. The number of nitrogens with one attached hydrogen (secondary N) is 1. The fourth-order valence-corrected chi connectivity index (χ4v) is 5.71. The van der Waals surface area contributed by atoms with Crippen molar-refractivity contribution in [2.75, 3.05) is 5.75 Å². The van der Waals surface area contributed by atoms with Crippen LogP contribution in [0.4, 0.5) is 0 Å². The molecule has 0 aliphatic heterocycles. The molecule has 5 rings (SSSR count). The van der Waals surface area contributed by atoms with E-state index in [0.717, 1.165) is 39.3 Å². The molecule has 5 aromatic rings. The second kappa shape index (κ2) is 16.3. The van der Waals surface area contributed by atoms with Crippen molar-refractivity contribution in [3.05, 3.63) is 114 Å². The van der Waals surface area contributed by atoms with Crippen LogP contribution in [-0.4, -0.2) is 48.4 Å². The molecule has 0 spiro atoms. The van der Waals surface area contributed by atoms with Crippen molar-refractivity contribution in [2.24, 2.45) is 23.6 Å². The van der Waals surface area contributed by atoms with Gasteiger partial charge in [0.2, 0.25) is 6.21 Å². The van der Waals surface area contributed by atoms with Gasteiger partial charge in [-0.1, -0.05) is 42.3 Å². The summed E-state index contributed by atoms with van der Waals surface area (Å²) in [5.41, 5.74) is 16.9. The maximum atomic E-state index is 10.4. The van der Waals surface area contributed by atoms with Crippen molar-refractivity contribution in [3.8, 4) is 11.3 Å². The van der Waals surface area contributed by atoms with Gasteiger partial charge in [0, 0.05) is 27.2 Å². The molecule has 248 valence electrons. The van der Waals surface area contributed by atoms with E-state index in [4.69, 9.17) is 11.5 Å². The second-order valence-corrected chi connectivity index (χ2v) is 14.2. The van der Waals surface area contributed by atoms with Crippen LogP contribution in [0.25, 0.3) is 16.9 Å². The molecule has 3 aromatic carbocycles. The van der Waals surface area contributed by atoms with Gasteiger partial charge in [-0.3, -0.25) is 0 Å². The van der Waals surface area contributed by atoms with Crippen LogP contribution in [0.5, 0.6) is 0 Å². The van der Waals surface area contributed by atoms with Crippen molar-refractivity contribution in [1.82, 2.24) is 4.57 Å². The Kier molecular flexibility index (Phi) is 12.8. The highest BCUT2D eigenvalue weighted by molar-refractivity contribution is 7.99. The van der Waals surface area contributed by atoms with Gasteiger partial charge in [-0.05, 0) is 74.2 Å². The number of rotatable bonds is 7. The third-order valence-electron chi connectivity index (χ3n) is 6.46. The Bertz CT molecular complexity index is 2000. The highest BCUT2D eigenvalue weighted by atomic mass is 32.2. The quantitative estimate of drug-likeness (QED) is 0.0568. The lowest BCUT2D eigenvalue weighted by molar-refractivity contribution is -0.512. The lowest BCUT2D eigenvalue weighted by Gasteiger charge is -2.05. The van der Waals surface area contributed by atoms with Crippen molar-refractivity contribution < 1.29 is 35.4 Å². The Balaban J connectivity index is 0.000000225. The minimum atomic E-state index is -4.27. The third-order valence-corrected chi connectivity index (χ3v) is 9.02. The van der Waals surface area contributed by atoms with Crippen LogP contribution in [0, 0.1) is 13.8 Å². The Morgan fingerprint density at radius 3 is 1.79 bits per heavy atom. The number of hydrazone groups is 1. The van der Waals surface area contributed by atoms with Gasteiger partial charge in [-0.25, -0.2) is 25.8 Å². The van der Waals surface area contributed by atoms with Crippen LogP contribution >= 0.6 is 11.8 Å². The number of aryl methyl sites for hydroxylation is 3. The van der Waals surface area contributed by atoms with Gasteiger partial charge in [-0.2, -0.15) is 0 Å². The first kappa shape index (κ1) is 36.9. The summed E-state index contributed by atoms with van der Waals surface area (Å²) in [5.74, 6) is 1.07. The number of thioether (sulfide) groups is 1. The average molecular weight is 697 g/mol. The Morgan fingerprint density at radius 2 is 1.34 bits per heavy atom. The molecule has 0 aliphatic rings. The molecule has 47 heavy (non-hydrogen) atoms. The SMILES string of the molecule is CCSc1ccc2n(C)c(-c3ccc(/C=[NH+]/N=C(N)N)cc3)c[n+]2c1.Cc1ccc(S(=O)(=O)[O-])cc1.Cc1ccc(S(=O)(=O)[O-])cc1. The van der Waals surface area contributed by atoms with Gasteiger partial charge in [0.25, 0.3) is 11.6 Å². The van der Waals surface area contributed by atoms with Crippen molar-refractivity contribution in [2.45, 2.75) is 35.5 Å². The summed E-state index contributed by atoms with van der Waals surface area (Å²) in [7, 11) is -6.46. The van der Waals surface area contributed by atoms with Gasteiger partial charge in [0.15, 0.2) is 5.69 Å². The largest absolute Gasteiger partial charge is 0.744 e. The Hall–Kier alpha value is -4.54. The van der Waals surface area contributed by atoms with E-state index in [1.807, 2.05) is 37.7 Å². The van der Waals surface area contributed by atoms with Crippen molar-refractivity contribution in [1.29, 1.82) is 0 Å². The maximum absolute atomic E-state index is 10.4. The fraction of sp³-hybridized carbons (Fsp3) is 0.156. The monoisotopic (exact) mass is 696 g/mol. The average Bonchev–Trinajstić information content (AvgIpc) is 3.33. The number of nitrogens with zero attached hydrogens (tertiary/aromatic N) is 3. The predicted molar refractivity (Wildman–Crippen MR) is 181 cm³/mol. The molecular weight excluding hydrogens is 661 g/mol. The van der Waals surface area contributed by atoms with Gasteiger partial charge in [0.1, 0.15) is 32.6 Å². The van der Waals surface area contributed by atoms with Gasteiger partial charge in [-0.15, -0.1) is 16.9 Å². The molecule has 0 amide bonds. The Labute approximate surface area is 279 Å². The van der Waals surface area contributed by atoms with Crippen LogP contribution in [0.2, 0.25) is 0 Å². The number of pyridine rings is 1. The number of hydrogen-bond acceptors (Lipinski definition) is 8. The third kappa shape index (κ3) is 11.3. The zero-order valence-electron chi connectivity index (χ0n) is 26.2. The molecule has 2 heterocycles. The number of benzene rings is 3. The van der Waals surface area contributed by atoms with E-state index in [1.54, 1.807) is 30.5 Å². The maximum Gasteiger partial charge on any atom is 0.286 e. The summed E-state index contributed by atoms with van der Waals surface area (Å²) in [6.07, 6.45) is 6.08. The predicted octanol–water partition coefficient (Wildman–Crippen LogP) is 2.03. The number of aromatic nitrogens is 2. The first-order chi connectivity index (χ1) is 22.1. The molecule has 0 saturated carbocycles. The summed E-state index contributed by atoms with van der Waals surface area (Å²) in [6, 6.07) is 24.1. The first-order valence-corrected chi connectivity index (χ1v) is 17.8. The first-order valence-electron chi connectivity index (χ1n) is 14.0. The lowest BCUT2D eigenvalue weighted by atomic mass is 10.1. The summed E-state index contributed by atoms with van der Waals surface area (Å²) in [6.45, 7) is 5.80. The zero-order chi connectivity index (χ0) is 34.8. The van der Waals surface area contributed by atoms with Gasteiger partial charge < -0.3 is 20.6 Å². The molecule has 15 heteroatoms. The smallest absolute Gasteiger partial charge is 0.286 e. The normalized spacial score (nSPS) is 11.4. The lowest BCUT2D eigenvalue weighted by Crippen LogP contribution is -2.63. The molecule has 0 saturated heterocycles. The second-order valence-electron chi connectivity index (χ2n) is 10.1. The molecule has 12 nitrogen and oxygen atoms in total. The molecule has 0 radical (unpaired) electrons. The fourth-order valence-electron chi connectivity index (χ4n) is 4.08. The van der Waals surface area contributed by atoms with E-state index in [2.05, 4.69) is 69.8 Å². The van der Waals surface area contributed by atoms with Crippen LogP contribution < -0.4 is 21.0 Å². The molecule has 0 aliphatic carbocycles. The van der Waals surface area contributed by atoms with E-state index in [-0.39, 0.29) is 15.8 Å². The molecule has 0 atom stereocenters. The zero-order valence-corrected chi connectivity index (χ0v) is 28.6. The molecule has 0 unspecified atom stereocenters. The minimum absolute atomic E-state index is 0.000927. The molecular formula is C32H36N6O6S3. The topological polar surface area (TPSA) is 202 Å². The van der Waals surface area contributed by atoms with E-state index < -0.39 is 20.2 Å². The molecule has 5 N–H and O–H groups in total.